The third kappa shape index (κ3) is 2.53. The van der Waals surface area contributed by atoms with Crippen molar-refractivity contribution in [2.45, 2.75) is 71.1 Å². The van der Waals surface area contributed by atoms with Gasteiger partial charge < -0.3 is 0 Å². The predicted octanol–water partition coefficient (Wildman–Crippen LogP) is 5.53. The quantitative estimate of drug-likeness (QED) is 0.714. The average molecular weight is 298 g/mol. The molecule has 0 N–H and O–H groups in total. The van der Waals surface area contributed by atoms with E-state index in [9.17, 15) is 4.79 Å². The first-order valence-electron chi connectivity index (χ1n) is 9.08. The van der Waals surface area contributed by atoms with Crippen LogP contribution < -0.4 is 0 Å². The summed E-state index contributed by atoms with van der Waals surface area (Å²) >= 11 is 0. The molecule has 0 radical (unpaired) electrons. The summed E-state index contributed by atoms with van der Waals surface area (Å²) in [7, 11) is 0. The zero-order chi connectivity index (χ0) is 15.8. The van der Waals surface area contributed by atoms with E-state index in [0.29, 0.717) is 17.6 Å². The third-order valence-corrected chi connectivity index (χ3v) is 6.75. The highest BCUT2D eigenvalue weighted by atomic mass is 16.1. The molecule has 0 atom stereocenters. The molecule has 0 saturated heterocycles. The molecule has 0 aliphatic heterocycles. The fraction of sp³-hybridized carbons (Fsp3) is 0.667. The molecule has 3 rings (SSSR count). The monoisotopic (exact) mass is 298 g/mol. The molecule has 0 spiro atoms. The van der Waals surface area contributed by atoms with Crippen LogP contribution in [-0.4, -0.2) is 5.78 Å². The van der Waals surface area contributed by atoms with E-state index >= 15 is 0 Å². The van der Waals surface area contributed by atoms with Gasteiger partial charge in [0.2, 0.25) is 0 Å². The first kappa shape index (κ1) is 15.8. The molecular formula is C21H30O. The maximum atomic E-state index is 12.8. The second kappa shape index (κ2) is 5.83. The highest BCUT2D eigenvalue weighted by Gasteiger charge is 2.46. The van der Waals surface area contributed by atoms with Crippen molar-refractivity contribution in [2.75, 3.05) is 0 Å². The largest absolute Gasteiger partial charge is 0.299 e. The van der Waals surface area contributed by atoms with Crippen LogP contribution in [0.25, 0.3) is 0 Å². The van der Waals surface area contributed by atoms with E-state index in [2.05, 4.69) is 51.1 Å². The Morgan fingerprint density at radius 2 is 1.64 bits per heavy atom. The van der Waals surface area contributed by atoms with Crippen LogP contribution in [0.15, 0.2) is 30.3 Å². The van der Waals surface area contributed by atoms with E-state index in [1.54, 1.807) is 0 Å². The van der Waals surface area contributed by atoms with Gasteiger partial charge in [-0.15, -0.1) is 0 Å². The van der Waals surface area contributed by atoms with Gasteiger partial charge in [0, 0.05) is 11.3 Å². The maximum absolute atomic E-state index is 12.8. The number of ketones is 1. The number of Topliss-reactive ketones (excluding diaryl/α,β-unsaturated/α-hetero) is 1. The van der Waals surface area contributed by atoms with E-state index in [1.165, 1.54) is 24.8 Å². The summed E-state index contributed by atoms with van der Waals surface area (Å²) in [4.78, 5) is 12.8. The fourth-order valence-corrected chi connectivity index (χ4v) is 4.81. The van der Waals surface area contributed by atoms with Gasteiger partial charge in [-0.1, -0.05) is 57.5 Å². The third-order valence-electron chi connectivity index (χ3n) is 6.75. The highest BCUT2D eigenvalue weighted by Crippen LogP contribution is 2.50. The minimum absolute atomic E-state index is 0.0231. The van der Waals surface area contributed by atoms with Crippen LogP contribution in [0.2, 0.25) is 0 Å². The van der Waals surface area contributed by atoms with Gasteiger partial charge in [-0.3, -0.25) is 4.79 Å². The van der Waals surface area contributed by atoms with Crippen molar-refractivity contribution in [3.05, 3.63) is 35.9 Å². The van der Waals surface area contributed by atoms with E-state index in [0.717, 1.165) is 25.7 Å². The lowest BCUT2D eigenvalue weighted by Gasteiger charge is -2.46. The lowest BCUT2D eigenvalue weighted by atomic mass is 9.57. The molecule has 1 nitrogen and oxygen atoms in total. The van der Waals surface area contributed by atoms with Gasteiger partial charge in [-0.05, 0) is 55.4 Å². The summed E-state index contributed by atoms with van der Waals surface area (Å²) in [5, 5.41) is 0. The van der Waals surface area contributed by atoms with Crippen LogP contribution in [0.5, 0.6) is 0 Å². The Bertz CT molecular complexity index is 516. The van der Waals surface area contributed by atoms with Crippen molar-refractivity contribution in [1.29, 1.82) is 0 Å². The molecule has 1 aromatic carbocycles. The Labute approximate surface area is 135 Å². The Balaban J connectivity index is 1.75. The molecule has 2 aliphatic rings. The van der Waals surface area contributed by atoms with Crippen LogP contribution in [0.1, 0.15) is 71.3 Å². The smallest absolute Gasteiger partial charge is 0.141 e. The van der Waals surface area contributed by atoms with Gasteiger partial charge in [0.1, 0.15) is 5.78 Å². The lowest BCUT2D eigenvalue weighted by molar-refractivity contribution is -0.138. The standard InChI is InChI=1S/C21H30O/c1-16(2)21(18-8-5-4-6-9-18)14-10-17(11-15-21)19(22)20(3)12-7-13-20/h4-6,8-9,16-17H,7,10-15H2,1-3H3. The molecule has 2 saturated carbocycles. The van der Waals surface area contributed by atoms with E-state index in [1.807, 2.05) is 0 Å². The number of benzene rings is 1. The van der Waals surface area contributed by atoms with Crippen LogP contribution in [-0.2, 0) is 10.2 Å². The minimum Gasteiger partial charge on any atom is -0.299 e. The zero-order valence-electron chi connectivity index (χ0n) is 14.4. The molecule has 2 aliphatic carbocycles. The van der Waals surface area contributed by atoms with Gasteiger partial charge >= 0.3 is 0 Å². The van der Waals surface area contributed by atoms with Crippen LogP contribution in [0.3, 0.4) is 0 Å². The van der Waals surface area contributed by atoms with Crippen molar-refractivity contribution < 1.29 is 4.79 Å². The first-order chi connectivity index (χ1) is 10.5. The molecule has 0 aromatic heterocycles. The van der Waals surface area contributed by atoms with Crippen LogP contribution >= 0.6 is 0 Å². The number of hydrogen-bond acceptors (Lipinski definition) is 1. The summed E-state index contributed by atoms with van der Waals surface area (Å²) in [6, 6.07) is 11.0. The Hall–Kier alpha value is -1.11. The second-order valence-corrected chi connectivity index (χ2v) is 8.23. The summed E-state index contributed by atoms with van der Waals surface area (Å²) in [5.41, 5.74) is 1.78. The van der Waals surface area contributed by atoms with Gasteiger partial charge in [0.15, 0.2) is 0 Å². The molecule has 120 valence electrons. The SMILES string of the molecule is CC(C)C1(c2ccccc2)CCC(C(=O)C2(C)CCC2)CC1. The fourth-order valence-electron chi connectivity index (χ4n) is 4.81. The number of carbonyl (C=O) groups excluding carboxylic acids is 1. The number of hydrogen-bond donors (Lipinski definition) is 0. The Kier molecular flexibility index (Phi) is 4.18. The number of rotatable bonds is 4. The predicted molar refractivity (Wildman–Crippen MR) is 91.9 cm³/mol. The molecule has 0 bridgehead atoms. The molecule has 0 amide bonds. The van der Waals surface area contributed by atoms with Crippen molar-refractivity contribution in [3.8, 4) is 0 Å². The molecule has 2 fully saturated rings. The summed E-state index contributed by atoms with van der Waals surface area (Å²) in [6.45, 7) is 6.89. The van der Waals surface area contributed by atoms with Gasteiger partial charge in [0.05, 0.1) is 0 Å². The van der Waals surface area contributed by atoms with Crippen LogP contribution in [0.4, 0.5) is 0 Å². The summed E-state index contributed by atoms with van der Waals surface area (Å²) in [5.74, 6) is 1.52. The van der Waals surface area contributed by atoms with Gasteiger partial charge in [-0.25, -0.2) is 0 Å². The van der Waals surface area contributed by atoms with Crippen molar-refractivity contribution in [1.82, 2.24) is 0 Å². The molecular weight excluding hydrogens is 268 g/mol. The summed E-state index contributed by atoms with van der Waals surface area (Å²) < 4.78 is 0. The van der Waals surface area contributed by atoms with Gasteiger partial charge in [0.25, 0.3) is 0 Å². The molecule has 1 aromatic rings. The molecule has 22 heavy (non-hydrogen) atoms. The zero-order valence-corrected chi connectivity index (χ0v) is 14.4. The average Bonchev–Trinajstić information content (AvgIpc) is 2.52. The van der Waals surface area contributed by atoms with E-state index in [-0.39, 0.29) is 10.8 Å². The van der Waals surface area contributed by atoms with E-state index in [4.69, 9.17) is 0 Å². The Morgan fingerprint density at radius 3 is 2.09 bits per heavy atom. The normalized spacial score (nSPS) is 30.8. The van der Waals surface area contributed by atoms with Crippen molar-refractivity contribution >= 4 is 5.78 Å². The summed E-state index contributed by atoms with van der Waals surface area (Å²) in [6.07, 6.45) is 7.99. The molecule has 1 heteroatoms. The first-order valence-corrected chi connectivity index (χ1v) is 9.08. The Morgan fingerprint density at radius 1 is 1.05 bits per heavy atom. The van der Waals surface area contributed by atoms with Gasteiger partial charge in [-0.2, -0.15) is 0 Å². The van der Waals surface area contributed by atoms with E-state index < -0.39 is 0 Å². The molecule has 0 heterocycles. The van der Waals surface area contributed by atoms with Crippen molar-refractivity contribution in [2.24, 2.45) is 17.3 Å². The minimum atomic E-state index is 0.0231. The second-order valence-electron chi connectivity index (χ2n) is 8.23. The highest BCUT2D eigenvalue weighted by molar-refractivity contribution is 5.87. The molecule has 0 unspecified atom stereocenters. The maximum Gasteiger partial charge on any atom is 0.141 e. The lowest BCUT2D eigenvalue weighted by Crippen LogP contribution is -2.44. The van der Waals surface area contributed by atoms with Crippen molar-refractivity contribution in [3.63, 3.8) is 0 Å². The number of carbonyl (C=O) groups is 1. The van der Waals surface area contributed by atoms with Crippen LogP contribution in [0, 0.1) is 17.3 Å². The topological polar surface area (TPSA) is 17.1 Å².